The van der Waals surface area contributed by atoms with E-state index in [1.807, 2.05) is 0 Å². The van der Waals surface area contributed by atoms with Gasteiger partial charge in [-0.3, -0.25) is 0 Å². The summed E-state index contributed by atoms with van der Waals surface area (Å²) >= 11 is 0. The van der Waals surface area contributed by atoms with Gasteiger partial charge in [0.2, 0.25) is 0 Å². The average molecular weight is 159 g/mol. The Hall–Kier alpha value is -1.24. The van der Waals surface area contributed by atoms with Crippen molar-refractivity contribution >= 4 is 11.8 Å². The zero-order chi connectivity index (χ0) is 8.55. The number of aryl methyl sites for hydroxylation is 1. The van der Waals surface area contributed by atoms with Gasteiger partial charge < -0.3 is 5.73 Å². The summed E-state index contributed by atoms with van der Waals surface area (Å²) in [4.78, 5) is 0. The molecule has 62 valence electrons. The van der Waals surface area contributed by atoms with Gasteiger partial charge in [-0.2, -0.15) is 0 Å². The Labute approximate surface area is 72.2 Å². The van der Waals surface area contributed by atoms with Gasteiger partial charge in [-0.25, -0.2) is 0 Å². The van der Waals surface area contributed by atoms with Gasteiger partial charge in [-0.05, 0) is 25.0 Å². The van der Waals surface area contributed by atoms with Crippen molar-refractivity contribution in [1.29, 1.82) is 0 Å². The number of hydrogen-bond donors (Lipinski definition) is 1. The fourth-order valence-corrected chi connectivity index (χ4v) is 1.66. The maximum Gasteiger partial charge on any atom is 0.0163 e. The molecule has 1 aliphatic rings. The molecular formula is C11H13N. The first-order valence-electron chi connectivity index (χ1n) is 4.33. The lowest BCUT2D eigenvalue weighted by atomic mass is 10.0. The molecule has 2 rings (SSSR count). The van der Waals surface area contributed by atoms with Crippen LogP contribution in [-0.2, 0) is 0 Å². The molecule has 2 N–H and O–H groups in total. The van der Waals surface area contributed by atoms with Crippen molar-refractivity contribution < 1.29 is 0 Å². The van der Waals surface area contributed by atoms with Crippen molar-refractivity contribution in [3.63, 3.8) is 0 Å². The summed E-state index contributed by atoms with van der Waals surface area (Å²) in [5.41, 5.74) is 8.23. The van der Waals surface area contributed by atoms with Crippen molar-refractivity contribution in [3.05, 3.63) is 34.2 Å². The quantitative estimate of drug-likeness (QED) is 0.590. The first kappa shape index (κ1) is 7.41. The number of fused-ring (bicyclic) bond motifs is 1. The second-order valence-corrected chi connectivity index (χ2v) is 3.36. The van der Waals surface area contributed by atoms with E-state index in [4.69, 9.17) is 5.73 Å². The third-order valence-electron chi connectivity index (χ3n) is 2.33. The van der Waals surface area contributed by atoms with Crippen LogP contribution in [0.25, 0.3) is 11.8 Å². The van der Waals surface area contributed by atoms with Gasteiger partial charge in [0.25, 0.3) is 0 Å². The molecule has 0 aromatic heterocycles. The molecule has 1 aliphatic carbocycles. The Morgan fingerprint density at radius 1 is 1.33 bits per heavy atom. The van der Waals surface area contributed by atoms with Crippen molar-refractivity contribution in [2.24, 2.45) is 5.73 Å². The standard InChI is InChI=1S/C11H13N/c1-8-5-6-10-9(7-8)3-2-4-11(10)12/h3,5-7H,2,4,12H2,1H3. The summed E-state index contributed by atoms with van der Waals surface area (Å²) in [7, 11) is 0. The van der Waals surface area contributed by atoms with E-state index in [1.54, 1.807) is 0 Å². The number of hydrogen-bond acceptors (Lipinski definition) is 1. The number of benzene rings is 1. The first-order chi connectivity index (χ1) is 5.77. The van der Waals surface area contributed by atoms with Crippen LogP contribution in [0.3, 0.4) is 0 Å². The van der Waals surface area contributed by atoms with Crippen molar-refractivity contribution in [1.82, 2.24) is 0 Å². The lowest BCUT2D eigenvalue weighted by Gasteiger charge is -2.05. The van der Waals surface area contributed by atoms with Gasteiger partial charge in [0, 0.05) is 10.9 Å². The highest BCUT2D eigenvalue weighted by molar-refractivity contribution is 5.48. The van der Waals surface area contributed by atoms with E-state index in [-0.39, 0.29) is 0 Å². The van der Waals surface area contributed by atoms with Crippen LogP contribution in [0.1, 0.15) is 18.4 Å². The predicted molar refractivity (Wildman–Crippen MR) is 51.7 cm³/mol. The maximum absolute atomic E-state index is 5.89. The van der Waals surface area contributed by atoms with Crippen LogP contribution in [0.15, 0.2) is 18.2 Å². The van der Waals surface area contributed by atoms with E-state index in [0.29, 0.717) is 0 Å². The largest absolute Gasteiger partial charge is 0.402 e. The molecule has 0 saturated heterocycles. The second-order valence-electron chi connectivity index (χ2n) is 3.36. The summed E-state index contributed by atoms with van der Waals surface area (Å²) in [5.74, 6) is 0. The summed E-state index contributed by atoms with van der Waals surface area (Å²) in [5, 5.41) is 2.53. The van der Waals surface area contributed by atoms with Crippen molar-refractivity contribution in [2.45, 2.75) is 19.8 Å². The average Bonchev–Trinajstić information content (AvgIpc) is 2.04. The third-order valence-corrected chi connectivity index (χ3v) is 2.33. The summed E-state index contributed by atoms with van der Waals surface area (Å²) < 4.78 is 0. The molecule has 0 saturated carbocycles. The van der Waals surface area contributed by atoms with Gasteiger partial charge in [0.15, 0.2) is 0 Å². The lowest BCUT2D eigenvalue weighted by Crippen LogP contribution is -2.32. The summed E-state index contributed by atoms with van der Waals surface area (Å²) in [6, 6.07) is 6.43. The molecule has 0 fully saturated rings. The zero-order valence-electron chi connectivity index (χ0n) is 7.30. The van der Waals surface area contributed by atoms with Crippen LogP contribution >= 0.6 is 0 Å². The molecule has 1 aromatic carbocycles. The molecule has 0 heterocycles. The minimum Gasteiger partial charge on any atom is -0.402 e. The van der Waals surface area contributed by atoms with Gasteiger partial charge in [0.05, 0.1) is 0 Å². The third kappa shape index (κ3) is 1.11. The van der Waals surface area contributed by atoms with Gasteiger partial charge in [-0.1, -0.05) is 29.8 Å². The van der Waals surface area contributed by atoms with E-state index in [2.05, 4.69) is 31.2 Å². The topological polar surface area (TPSA) is 26.0 Å². The second kappa shape index (κ2) is 2.67. The normalized spacial score (nSPS) is 15.2. The Balaban J connectivity index is 2.85. The van der Waals surface area contributed by atoms with Gasteiger partial charge in [-0.15, -0.1) is 0 Å². The van der Waals surface area contributed by atoms with E-state index in [9.17, 15) is 0 Å². The highest BCUT2D eigenvalue weighted by Crippen LogP contribution is 2.01. The molecule has 0 bridgehead atoms. The molecular weight excluding hydrogens is 146 g/mol. The first-order valence-corrected chi connectivity index (χ1v) is 4.33. The Morgan fingerprint density at radius 2 is 2.17 bits per heavy atom. The summed E-state index contributed by atoms with van der Waals surface area (Å²) in [6.07, 6.45) is 4.36. The van der Waals surface area contributed by atoms with E-state index in [0.717, 1.165) is 18.5 Å². The van der Waals surface area contributed by atoms with E-state index < -0.39 is 0 Å². The molecule has 1 nitrogen and oxygen atoms in total. The molecule has 0 atom stereocenters. The lowest BCUT2D eigenvalue weighted by molar-refractivity contribution is 1.05. The molecule has 0 aliphatic heterocycles. The molecule has 0 spiro atoms. The minimum atomic E-state index is 1.01. The molecule has 0 amide bonds. The molecule has 0 unspecified atom stereocenters. The minimum absolute atomic E-state index is 1.01. The Kier molecular flexibility index (Phi) is 1.65. The van der Waals surface area contributed by atoms with Crippen LogP contribution in [0.4, 0.5) is 0 Å². The number of rotatable bonds is 0. The fraction of sp³-hybridized carbons (Fsp3) is 0.273. The summed E-state index contributed by atoms with van der Waals surface area (Å²) in [6.45, 7) is 2.11. The predicted octanol–water partition coefficient (Wildman–Crippen LogP) is 0.636. The monoisotopic (exact) mass is 159 g/mol. The SMILES string of the molecule is Cc1ccc2c(c1)=CCCC=2N. The van der Waals surface area contributed by atoms with Gasteiger partial charge >= 0.3 is 0 Å². The number of nitrogens with two attached hydrogens (primary N) is 1. The molecule has 12 heavy (non-hydrogen) atoms. The van der Waals surface area contributed by atoms with Crippen LogP contribution in [0, 0.1) is 6.92 Å². The van der Waals surface area contributed by atoms with Crippen LogP contribution in [0.5, 0.6) is 0 Å². The Morgan fingerprint density at radius 3 is 3.00 bits per heavy atom. The molecule has 0 radical (unpaired) electrons. The molecule has 1 heteroatoms. The van der Waals surface area contributed by atoms with Crippen LogP contribution in [0.2, 0.25) is 0 Å². The highest BCUT2D eigenvalue weighted by Gasteiger charge is 1.99. The van der Waals surface area contributed by atoms with Crippen LogP contribution in [-0.4, -0.2) is 0 Å². The van der Waals surface area contributed by atoms with Crippen molar-refractivity contribution in [2.75, 3.05) is 0 Å². The zero-order valence-corrected chi connectivity index (χ0v) is 7.30. The van der Waals surface area contributed by atoms with Gasteiger partial charge in [0.1, 0.15) is 0 Å². The van der Waals surface area contributed by atoms with E-state index >= 15 is 0 Å². The van der Waals surface area contributed by atoms with Crippen molar-refractivity contribution in [3.8, 4) is 0 Å². The van der Waals surface area contributed by atoms with Crippen LogP contribution < -0.4 is 16.2 Å². The fourth-order valence-electron chi connectivity index (χ4n) is 1.66. The molecule has 1 aromatic rings. The highest BCUT2D eigenvalue weighted by atomic mass is 14.6. The maximum atomic E-state index is 5.89. The smallest absolute Gasteiger partial charge is 0.0163 e. The Bertz CT molecular complexity index is 415. The van der Waals surface area contributed by atoms with E-state index in [1.165, 1.54) is 16.0 Å².